The Kier molecular flexibility index (Phi) is 3.37. The third-order valence-electron chi connectivity index (χ3n) is 2.88. The van der Waals surface area contributed by atoms with Gasteiger partial charge in [-0.25, -0.2) is 4.39 Å². The monoisotopic (exact) mass is 328 g/mol. The predicted octanol–water partition coefficient (Wildman–Crippen LogP) is 5.69. The van der Waals surface area contributed by atoms with E-state index in [4.69, 9.17) is 27.4 Å². The van der Waals surface area contributed by atoms with Crippen LogP contribution in [0.25, 0.3) is 5.57 Å². The van der Waals surface area contributed by atoms with Crippen LogP contribution in [0, 0.1) is 5.82 Å². The molecular weight excluding hydrogens is 321 g/mol. The van der Waals surface area contributed by atoms with Crippen molar-refractivity contribution >= 4 is 35.1 Å². The number of halogens is 3. The van der Waals surface area contributed by atoms with Crippen molar-refractivity contribution in [2.24, 2.45) is 0 Å². The van der Waals surface area contributed by atoms with Gasteiger partial charge in [0.1, 0.15) is 0 Å². The van der Waals surface area contributed by atoms with Crippen LogP contribution < -0.4 is 4.52 Å². The summed E-state index contributed by atoms with van der Waals surface area (Å²) >= 11 is 11.7. The van der Waals surface area contributed by atoms with Crippen LogP contribution in [-0.4, -0.2) is 0 Å². The quantitative estimate of drug-likeness (QED) is 0.628. The normalized spacial score (nSPS) is 20.9. The van der Waals surface area contributed by atoms with Gasteiger partial charge in [0.05, 0.1) is 0 Å². The third-order valence-corrected chi connectivity index (χ3v) is 4.60. The maximum atomic E-state index is 13.9. The second-order valence-corrected chi connectivity index (χ2v) is 7.62. The molecule has 1 heterocycles. The Morgan fingerprint density at radius 2 is 1.85 bits per heavy atom. The van der Waals surface area contributed by atoms with E-state index in [0.717, 1.165) is 11.6 Å². The Balaban J connectivity index is 2.29. The smallest absolute Gasteiger partial charge is 0.360 e. The van der Waals surface area contributed by atoms with E-state index in [1.54, 1.807) is 6.07 Å². The Hall–Kier alpha value is -1.28. The van der Waals surface area contributed by atoms with Gasteiger partial charge in [-0.15, -0.1) is 0 Å². The van der Waals surface area contributed by atoms with Crippen molar-refractivity contribution in [3.63, 3.8) is 0 Å². The topological polar surface area (TPSA) is 26.3 Å². The zero-order chi connectivity index (χ0) is 14.3. The van der Waals surface area contributed by atoms with Gasteiger partial charge in [0.25, 0.3) is 0 Å². The van der Waals surface area contributed by atoms with Crippen LogP contribution in [0.1, 0.15) is 11.1 Å². The molecular formula is C14H8Cl2FO2P. The Morgan fingerprint density at radius 3 is 2.55 bits per heavy atom. The number of rotatable bonds is 1. The highest BCUT2D eigenvalue weighted by atomic mass is 35.7. The van der Waals surface area contributed by atoms with Gasteiger partial charge in [-0.05, 0) is 28.9 Å². The van der Waals surface area contributed by atoms with Gasteiger partial charge in [0, 0.05) is 22.0 Å². The molecule has 1 aliphatic rings. The lowest BCUT2D eigenvalue weighted by Gasteiger charge is -2.22. The summed E-state index contributed by atoms with van der Waals surface area (Å²) in [5.74, 6) is 0.506. The average molecular weight is 329 g/mol. The molecule has 2 nitrogen and oxygen atoms in total. The summed E-state index contributed by atoms with van der Waals surface area (Å²) in [5.41, 5.74) is 1.75. The fourth-order valence-corrected chi connectivity index (χ4v) is 3.86. The predicted molar refractivity (Wildman–Crippen MR) is 79.0 cm³/mol. The minimum atomic E-state index is -3.56. The van der Waals surface area contributed by atoms with E-state index in [1.807, 2.05) is 30.3 Å². The van der Waals surface area contributed by atoms with Crippen LogP contribution in [0.15, 0.2) is 48.3 Å². The van der Waals surface area contributed by atoms with E-state index in [0.29, 0.717) is 11.1 Å². The average Bonchev–Trinajstić information content (AvgIpc) is 2.40. The summed E-state index contributed by atoms with van der Waals surface area (Å²) in [6, 6.07) is 11.8. The molecule has 0 amide bonds. The van der Waals surface area contributed by atoms with Crippen molar-refractivity contribution in [3.8, 4) is 5.75 Å². The van der Waals surface area contributed by atoms with Crippen molar-refractivity contribution in [1.82, 2.24) is 0 Å². The van der Waals surface area contributed by atoms with Gasteiger partial charge >= 0.3 is 6.72 Å². The second kappa shape index (κ2) is 4.92. The van der Waals surface area contributed by atoms with Crippen LogP contribution in [0.2, 0.25) is 5.02 Å². The lowest BCUT2D eigenvalue weighted by molar-refractivity contribution is 0.476. The van der Waals surface area contributed by atoms with Crippen molar-refractivity contribution in [1.29, 1.82) is 0 Å². The van der Waals surface area contributed by atoms with Crippen molar-refractivity contribution in [2.75, 3.05) is 0 Å². The highest BCUT2D eigenvalue weighted by molar-refractivity contribution is 7.88. The molecule has 0 saturated heterocycles. The second-order valence-electron chi connectivity index (χ2n) is 4.29. The Bertz CT molecular complexity index is 759. The lowest BCUT2D eigenvalue weighted by Crippen LogP contribution is -2.02. The first-order chi connectivity index (χ1) is 9.46. The number of hydrogen-bond donors (Lipinski definition) is 0. The van der Waals surface area contributed by atoms with E-state index in [-0.39, 0.29) is 10.8 Å². The standard InChI is InChI=1S/C14H8Cl2FO2P/c15-10-6-11-12(9-4-2-1-3-5-9)8-20(16,18)19-14(11)13(17)7-10/h1-8H. The molecule has 6 heteroatoms. The molecule has 0 spiro atoms. The molecule has 0 fully saturated rings. The summed E-state index contributed by atoms with van der Waals surface area (Å²) in [6.45, 7) is -3.56. The molecule has 102 valence electrons. The first-order valence-corrected chi connectivity index (χ1v) is 8.71. The molecule has 1 unspecified atom stereocenters. The van der Waals surface area contributed by atoms with Gasteiger partial charge in [-0.1, -0.05) is 41.9 Å². The number of hydrogen-bond acceptors (Lipinski definition) is 2. The molecule has 0 radical (unpaired) electrons. The van der Waals surface area contributed by atoms with Crippen molar-refractivity contribution < 1.29 is 13.5 Å². The number of fused-ring (bicyclic) bond motifs is 1. The van der Waals surface area contributed by atoms with Crippen molar-refractivity contribution in [3.05, 3.63) is 70.2 Å². The molecule has 20 heavy (non-hydrogen) atoms. The van der Waals surface area contributed by atoms with Crippen LogP contribution in [0.3, 0.4) is 0 Å². The molecule has 0 bridgehead atoms. The SMILES string of the molecule is O=P1(Cl)C=C(c2ccccc2)c2cc(Cl)cc(F)c2O1. The zero-order valence-electron chi connectivity index (χ0n) is 10.0. The lowest BCUT2D eigenvalue weighted by atomic mass is 9.98. The first kappa shape index (κ1) is 13.7. The molecule has 1 aliphatic heterocycles. The molecule has 0 aliphatic carbocycles. The molecule has 1 atom stereocenters. The Morgan fingerprint density at radius 1 is 1.15 bits per heavy atom. The zero-order valence-corrected chi connectivity index (χ0v) is 12.4. The highest BCUT2D eigenvalue weighted by Crippen LogP contribution is 2.61. The third kappa shape index (κ3) is 2.49. The summed E-state index contributed by atoms with van der Waals surface area (Å²) in [6.07, 6.45) is 0. The fourth-order valence-electron chi connectivity index (χ4n) is 2.08. The summed E-state index contributed by atoms with van der Waals surface area (Å²) in [4.78, 5) is 0. The maximum Gasteiger partial charge on any atom is 0.360 e. The van der Waals surface area contributed by atoms with Gasteiger partial charge in [-0.2, -0.15) is 0 Å². The summed E-state index contributed by atoms with van der Waals surface area (Å²) in [7, 11) is 0. The van der Waals surface area contributed by atoms with Gasteiger partial charge in [-0.3, -0.25) is 4.57 Å². The van der Waals surface area contributed by atoms with Gasteiger partial charge in [0.15, 0.2) is 11.6 Å². The van der Waals surface area contributed by atoms with E-state index < -0.39 is 12.5 Å². The van der Waals surface area contributed by atoms with Crippen LogP contribution in [0.4, 0.5) is 4.39 Å². The van der Waals surface area contributed by atoms with Crippen molar-refractivity contribution in [2.45, 2.75) is 0 Å². The molecule has 0 N–H and O–H groups in total. The first-order valence-electron chi connectivity index (χ1n) is 5.73. The van der Waals surface area contributed by atoms with E-state index in [9.17, 15) is 8.96 Å². The minimum Gasteiger partial charge on any atom is -0.426 e. The van der Waals surface area contributed by atoms with Crippen LogP contribution in [-0.2, 0) is 4.57 Å². The molecule has 0 aromatic heterocycles. The highest BCUT2D eigenvalue weighted by Gasteiger charge is 2.31. The van der Waals surface area contributed by atoms with Gasteiger partial charge in [0.2, 0.25) is 0 Å². The van der Waals surface area contributed by atoms with E-state index >= 15 is 0 Å². The largest absolute Gasteiger partial charge is 0.426 e. The number of benzene rings is 2. The maximum absolute atomic E-state index is 13.9. The molecule has 3 rings (SSSR count). The Labute approximate surface area is 125 Å². The molecule has 2 aromatic carbocycles. The minimum absolute atomic E-state index is 0.130. The van der Waals surface area contributed by atoms with E-state index in [2.05, 4.69) is 0 Å². The fraction of sp³-hybridized carbons (Fsp3) is 0. The van der Waals surface area contributed by atoms with Gasteiger partial charge < -0.3 is 4.52 Å². The summed E-state index contributed by atoms with van der Waals surface area (Å²) < 4.78 is 31.1. The van der Waals surface area contributed by atoms with E-state index in [1.165, 1.54) is 5.82 Å². The van der Waals surface area contributed by atoms with Crippen LogP contribution >= 0.6 is 29.6 Å². The summed E-state index contributed by atoms with van der Waals surface area (Å²) in [5, 5.41) is 0.234. The van der Waals surface area contributed by atoms with Crippen LogP contribution in [0.5, 0.6) is 5.75 Å². The molecule has 2 aromatic rings. The molecule has 0 saturated carbocycles.